The van der Waals surface area contributed by atoms with E-state index in [4.69, 9.17) is 15.2 Å². The van der Waals surface area contributed by atoms with E-state index in [1.54, 1.807) is 7.11 Å². The minimum absolute atomic E-state index is 0. The second-order valence-corrected chi connectivity index (χ2v) is 6.25. The number of methoxy groups -OCH3 is 1. The summed E-state index contributed by atoms with van der Waals surface area (Å²) in [5, 5.41) is 3.06. The van der Waals surface area contributed by atoms with Crippen LogP contribution in [0.15, 0.2) is 33.7 Å². The summed E-state index contributed by atoms with van der Waals surface area (Å²) in [5.74, 6) is 3.26. The zero-order valence-corrected chi connectivity index (χ0v) is 17.3. The van der Waals surface area contributed by atoms with Crippen LogP contribution in [-0.2, 0) is 4.74 Å². The highest BCUT2D eigenvalue weighted by molar-refractivity contribution is 14.0. The molecular formula is C14H23BrIN3O2S. The SMILES string of the molecule is COCCN=C(N)NCCSCCOc1cccc(Br)c1.I. The summed E-state index contributed by atoms with van der Waals surface area (Å²) in [6, 6.07) is 7.85. The van der Waals surface area contributed by atoms with E-state index < -0.39 is 0 Å². The summed E-state index contributed by atoms with van der Waals surface area (Å²) in [6.45, 7) is 2.66. The number of nitrogens with two attached hydrogens (primary N) is 1. The molecule has 0 saturated carbocycles. The van der Waals surface area contributed by atoms with Gasteiger partial charge in [0.1, 0.15) is 5.75 Å². The van der Waals surface area contributed by atoms with Crippen molar-refractivity contribution in [1.82, 2.24) is 5.32 Å². The van der Waals surface area contributed by atoms with Crippen molar-refractivity contribution >= 4 is 57.6 Å². The lowest BCUT2D eigenvalue weighted by Crippen LogP contribution is -2.33. The van der Waals surface area contributed by atoms with Gasteiger partial charge in [-0.2, -0.15) is 11.8 Å². The van der Waals surface area contributed by atoms with Crippen molar-refractivity contribution < 1.29 is 9.47 Å². The molecule has 0 spiro atoms. The van der Waals surface area contributed by atoms with Gasteiger partial charge in [-0.25, -0.2) is 0 Å². The Balaban J connectivity index is 0.00000441. The van der Waals surface area contributed by atoms with E-state index in [0.29, 0.717) is 25.7 Å². The standard InChI is InChI=1S/C14H22BrN3O2S.HI/c1-19-7-5-17-14(16)18-6-9-21-10-8-20-13-4-2-3-12(15)11-13;/h2-4,11H,5-10H2,1H3,(H3,16,17,18);1H. The molecular weight excluding hydrogens is 481 g/mol. The van der Waals surface area contributed by atoms with Crippen molar-refractivity contribution in [3.05, 3.63) is 28.7 Å². The minimum Gasteiger partial charge on any atom is -0.493 e. The van der Waals surface area contributed by atoms with Crippen LogP contribution in [0.2, 0.25) is 0 Å². The van der Waals surface area contributed by atoms with Gasteiger partial charge in [-0.15, -0.1) is 24.0 Å². The highest BCUT2D eigenvalue weighted by Crippen LogP contribution is 2.17. The quantitative estimate of drug-likeness (QED) is 0.222. The van der Waals surface area contributed by atoms with Crippen LogP contribution < -0.4 is 15.8 Å². The van der Waals surface area contributed by atoms with E-state index >= 15 is 0 Å². The number of guanidine groups is 1. The zero-order chi connectivity index (χ0) is 15.3. The summed E-state index contributed by atoms with van der Waals surface area (Å²) >= 11 is 5.23. The molecule has 1 rings (SSSR count). The Morgan fingerprint density at radius 3 is 2.91 bits per heavy atom. The second kappa shape index (κ2) is 14.4. The number of nitrogens with zero attached hydrogens (tertiary/aromatic N) is 1. The molecule has 0 aliphatic heterocycles. The fourth-order valence-electron chi connectivity index (χ4n) is 1.44. The van der Waals surface area contributed by atoms with Crippen LogP contribution in [0.1, 0.15) is 0 Å². The Bertz CT molecular complexity index is 438. The first-order chi connectivity index (χ1) is 10.2. The number of nitrogens with one attached hydrogen (secondary N) is 1. The Hall–Kier alpha value is -0.190. The van der Waals surface area contributed by atoms with E-state index in [9.17, 15) is 0 Å². The van der Waals surface area contributed by atoms with Crippen molar-refractivity contribution in [1.29, 1.82) is 0 Å². The summed E-state index contributed by atoms with van der Waals surface area (Å²) in [7, 11) is 1.64. The molecule has 0 atom stereocenters. The summed E-state index contributed by atoms with van der Waals surface area (Å²) < 4.78 is 11.6. The van der Waals surface area contributed by atoms with Crippen LogP contribution >= 0.6 is 51.7 Å². The molecule has 1 aromatic rings. The first kappa shape index (κ1) is 21.8. The van der Waals surface area contributed by atoms with Crippen LogP contribution in [0.3, 0.4) is 0 Å². The molecule has 0 aromatic heterocycles. The molecule has 0 bridgehead atoms. The molecule has 0 fully saturated rings. The number of halogens is 2. The molecule has 0 heterocycles. The molecule has 0 aliphatic rings. The predicted octanol–water partition coefficient (Wildman–Crippen LogP) is 2.73. The number of hydrogen-bond donors (Lipinski definition) is 2. The maximum absolute atomic E-state index is 5.69. The van der Waals surface area contributed by atoms with Crippen LogP contribution in [0.25, 0.3) is 0 Å². The molecule has 0 saturated heterocycles. The van der Waals surface area contributed by atoms with Crippen molar-refractivity contribution in [2.24, 2.45) is 10.7 Å². The average molecular weight is 504 g/mol. The lowest BCUT2D eigenvalue weighted by atomic mass is 10.3. The monoisotopic (exact) mass is 503 g/mol. The van der Waals surface area contributed by atoms with Crippen molar-refractivity contribution in [2.75, 3.05) is 44.9 Å². The van der Waals surface area contributed by atoms with E-state index in [0.717, 1.165) is 28.3 Å². The number of aliphatic imine (C=N–C) groups is 1. The van der Waals surface area contributed by atoms with Crippen LogP contribution in [0, 0.1) is 0 Å². The maximum atomic E-state index is 5.69. The summed E-state index contributed by atoms with van der Waals surface area (Å²) in [6.07, 6.45) is 0. The Labute approximate surface area is 161 Å². The Morgan fingerprint density at radius 1 is 1.36 bits per heavy atom. The second-order valence-electron chi connectivity index (χ2n) is 4.10. The first-order valence-corrected chi connectivity index (χ1v) is 8.66. The average Bonchev–Trinajstić information content (AvgIpc) is 2.46. The minimum atomic E-state index is 0. The van der Waals surface area contributed by atoms with E-state index in [1.807, 2.05) is 36.0 Å². The van der Waals surface area contributed by atoms with Crippen molar-refractivity contribution in [3.63, 3.8) is 0 Å². The molecule has 0 unspecified atom stereocenters. The number of hydrogen-bond acceptors (Lipinski definition) is 4. The number of thioether (sulfide) groups is 1. The predicted molar refractivity (Wildman–Crippen MR) is 109 cm³/mol. The third-order valence-electron chi connectivity index (χ3n) is 2.42. The zero-order valence-electron chi connectivity index (χ0n) is 12.6. The largest absolute Gasteiger partial charge is 0.493 e. The molecule has 126 valence electrons. The molecule has 3 N–H and O–H groups in total. The smallest absolute Gasteiger partial charge is 0.188 e. The van der Waals surface area contributed by atoms with Gasteiger partial charge >= 0.3 is 0 Å². The number of rotatable bonds is 10. The fraction of sp³-hybridized carbons (Fsp3) is 0.500. The lowest BCUT2D eigenvalue weighted by molar-refractivity contribution is 0.208. The van der Waals surface area contributed by atoms with Gasteiger partial charge in [0.15, 0.2) is 5.96 Å². The third-order valence-corrected chi connectivity index (χ3v) is 3.86. The topological polar surface area (TPSA) is 68.9 Å². The molecule has 5 nitrogen and oxygen atoms in total. The lowest BCUT2D eigenvalue weighted by Gasteiger charge is -2.07. The van der Waals surface area contributed by atoms with E-state index in [-0.39, 0.29) is 24.0 Å². The third kappa shape index (κ3) is 11.4. The van der Waals surface area contributed by atoms with Crippen molar-refractivity contribution in [3.8, 4) is 5.75 Å². The fourth-order valence-corrected chi connectivity index (χ4v) is 2.47. The Morgan fingerprint density at radius 2 is 2.18 bits per heavy atom. The normalized spacial score (nSPS) is 10.9. The van der Waals surface area contributed by atoms with Gasteiger partial charge in [-0.3, -0.25) is 4.99 Å². The molecule has 0 radical (unpaired) electrons. The van der Waals surface area contributed by atoms with Gasteiger partial charge in [0.25, 0.3) is 0 Å². The first-order valence-electron chi connectivity index (χ1n) is 6.71. The molecule has 8 heteroatoms. The molecule has 0 aliphatic carbocycles. The number of benzene rings is 1. The highest BCUT2D eigenvalue weighted by atomic mass is 127. The summed E-state index contributed by atoms with van der Waals surface area (Å²) in [4.78, 5) is 4.12. The maximum Gasteiger partial charge on any atom is 0.188 e. The summed E-state index contributed by atoms with van der Waals surface area (Å²) in [5.41, 5.74) is 5.69. The van der Waals surface area contributed by atoms with Gasteiger partial charge in [-0.05, 0) is 18.2 Å². The van der Waals surface area contributed by atoms with Crippen molar-refractivity contribution in [2.45, 2.75) is 0 Å². The van der Waals surface area contributed by atoms with Crippen LogP contribution in [0.5, 0.6) is 5.75 Å². The van der Waals surface area contributed by atoms with Gasteiger partial charge < -0.3 is 20.5 Å². The molecule has 1 aromatic carbocycles. The van der Waals surface area contributed by atoms with E-state index in [2.05, 4.69) is 26.2 Å². The molecule has 0 amide bonds. The van der Waals surface area contributed by atoms with Gasteiger partial charge in [-0.1, -0.05) is 22.0 Å². The van der Waals surface area contributed by atoms with Gasteiger partial charge in [0.05, 0.1) is 19.8 Å². The van der Waals surface area contributed by atoms with Crippen LogP contribution in [-0.4, -0.2) is 50.9 Å². The van der Waals surface area contributed by atoms with Gasteiger partial charge in [0.2, 0.25) is 0 Å². The molecule has 22 heavy (non-hydrogen) atoms. The van der Waals surface area contributed by atoms with E-state index in [1.165, 1.54) is 0 Å². The highest BCUT2D eigenvalue weighted by Gasteiger charge is 1.96. The van der Waals surface area contributed by atoms with Gasteiger partial charge in [0, 0.05) is 29.6 Å². The Kier molecular flexibility index (Phi) is 14.3. The van der Waals surface area contributed by atoms with Crippen LogP contribution in [0.4, 0.5) is 0 Å². The number of ether oxygens (including phenoxy) is 2.